The van der Waals surface area contributed by atoms with Crippen molar-refractivity contribution in [2.45, 2.75) is 6.42 Å². The molecular formula is C15H21F2N3O2. The standard InChI is InChI=1S/C15H21F2N3O2/c1-22-10-2-5-19-6-8-20(9-7-19)15(21)18-12-3-4-13(16)14(17)11-12/h3-4,11H,2,5-10H2,1H3,(H,18,21). The predicted molar refractivity (Wildman–Crippen MR) is 79.9 cm³/mol. The zero-order chi connectivity index (χ0) is 15.9. The SMILES string of the molecule is COCCCN1CCN(C(=O)Nc2ccc(F)c(F)c2)CC1. The van der Waals surface area contributed by atoms with E-state index in [-0.39, 0.29) is 11.7 Å². The molecule has 2 amide bonds. The summed E-state index contributed by atoms with van der Waals surface area (Å²) in [6, 6.07) is 3.03. The van der Waals surface area contributed by atoms with Crippen LogP contribution in [-0.2, 0) is 4.74 Å². The van der Waals surface area contributed by atoms with Gasteiger partial charge in [0, 0.05) is 58.2 Å². The van der Waals surface area contributed by atoms with Gasteiger partial charge in [0.1, 0.15) is 0 Å². The summed E-state index contributed by atoms with van der Waals surface area (Å²) in [6.07, 6.45) is 0.970. The lowest BCUT2D eigenvalue weighted by atomic mass is 10.3. The van der Waals surface area contributed by atoms with Gasteiger partial charge >= 0.3 is 6.03 Å². The number of ether oxygens (including phenoxy) is 1. The third kappa shape index (κ3) is 4.64. The number of piperazine rings is 1. The van der Waals surface area contributed by atoms with E-state index in [1.54, 1.807) is 12.0 Å². The Hall–Kier alpha value is -1.73. The number of hydrogen-bond acceptors (Lipinski definition) is 3. The first-order valence-electron chi connectivity index (χ1n) is 7.32. The summed E-state index contributed by atoms with van der Waals surface area (Å²) in [4.78, 5) is 16.0. The van der Waals surface area contributed by atoms with Crippen LogP contribution in [0.5, 0.6) is 0 Å². The van der Waals surface area contributed by atoms with Gasteiger partial charge in [0.2, 0.25) is 0 Å². The van der Waals surface area contributed by atoms with E-state index in [0.717, 1.165) is 44.8 Å². The molecule has 1 N–H and O–H groups in total. The van der Waals surface area contributed by atoms with Gasteiger partial charge in [0.05, 0.1) is 0 Å². The average Bonchev–Trinajstić information content (AvgIpc) is 2.52. The first-order chi connectivity index (χ1) is 10.6. The van der Waals surface area contributed by atoms with Crippen molar-refractivity contribution < 1.29 is 18.3 Å². The maximum absolute atomic E-state index is 13.1. The lowest BCUT2D eigenvalue weighted by Gasteiger charge is -2.34. The Morgan fingerprint density at radius 3 is 2.59 bits per heavy atom. The van der Waals surface area contributed by atoms with Crippen LogP contribution in [0.25, 0.3) is 0 Å². The fourth-order valence-electron chi connectivity index (χ4n) is 2.38. The van der Waals surface area contributed by atoms with Gasteiger partial charge in [-0.1, -0.05) is 0 Å². The smallest absolute Gasteiger partial charge is 0.321 e. The summed E-state index contributed by atoms with van der Waals surface area (Å²) in [5.74, 6) is -1.90. The molecule has 0 aliphatic carbocycles. The lowest BCUT2D eigenvalue weighted by molar-refractivity contribution is 0.130. The molecule has 0 aromatic heterocycles. The number of urea groups is 1. The summed E-state index contributed by atoms with van der Waals surface area (Å²) >= 11 is 0. The third-order valence-electron chi connectivity index (χ3n) is 3.65. The van der Waals surface area contributed by atoms with Crippen molar-refractivity contribution in [2.24, 2.45) is 0 Å². The number of nitrogens with zero attached hydrogens (tertiary/aromatic N) is 2. The number of nitrogens with one attached hydrogen (secondary N) is 1. The number of carbonyl (C=O) groups is 1. The molecule has 1 saturated heterocycles. The Labute approximate surface area is 128 Å². The minimum Gasteiger partial charge on any atom is -0.385 e. The minimum absolute atomic E-state index is 0.256. The van der Waals surface area contributed by atoms with Crippen LogP contribution in [-0.4, -0.2) is 62.3 Å². The van der Waals surface area contributed by atoms with Crippen LogP contribution in [0.15, 0.2) is 18.2 Å². The van der Waals surface area contributed by atoms with Gasteiger partial charge in [-0.3, -0.25) is 4.90 Å². The van der Waals surface area contributed by atoms with E-state index in [0.29, 0.717) is 13.1 Å². The third-order valence-corrected chi connectivity index (χ3v) is 3.65. The van der Waals surface area contributed by atoms with Gasteiger partial charge < -0.3 is 15.0 Å². The predicted octanol–water partition coefficient (Wildman–Crippen LogP) is 2.15. The number of hydrogen-bond donors (Lipinski definition) is 1. The Bertz CT molecular complexity index is 506. The normalized spacial score (nSPS) is 15.9. The molecule has 1 aromatic carbocycles. The topological polar surface area (TPSA) is 44.8 Å². The highest BCUT2D eigenvalue weighted by molar-refractivity contribution is 5.89. The largest absolute Gasteiger partial charge is 0.385 e. The van der Waals surface area contributed by atoms with Crippen molar-refractivity contribution >= 4 is 11.7 Å². The van der Waals surface area contributed by atoms with Crippen molar-refractivity contribution in [3.05, 3.63) is 29.8 Å². The highest BCUT2D eigenvalue weighted by atomic mass is 19.2. The number of carbonyl (C=O) groups excluding carboxylic acids is 1. The molecule has 0 atom stereocenters. The van der Waals surface area contributed by atoms with Crippen LogP contribution in [0.3, 0.4) is 0 Å². The van der Waals surface area contributed by atoms with Gasteiger partial charge in [-0.15, -0.1) is 0 Å². The van der Waals surface area contributed by atoms with Crippen LogP contribution in [0.2, 0.25) is 0 Å². The molecular weight excluding hydrogens is 292 g/mol. The van der Waals surface area contributed by atoms with E-state index in [1.807, 2.05) is 0 Å². The molecule has 5 nitrogen and oxygen atoms in total. The number of amides is 2. The van der Waals surface area contributed by atoms with Crippen LogP contribution in [0.4, 0.5) is 19.3 Å². The van der Waals surface area contributed by atoms with Gasteiger partial charge in [-0.2, -0.15) is 0 Å². The first kappa shape index (κ1) is 16.6. The van der Waals surface area contributed by atoms with Crippen molar-refractivity contribution in [3.63, 3.8) is 0 Å². The summed E-state index contributed by atoms with van der Waals surface area (Å²) in [7, 11) is 1.68. The zero-order valence-electron chi connectivity index (χ0n) is 12.6. The fourth-order valence-corrected chi connectivity index (χ4v) is 2.38. The number of halogens is 2. The molecule has 1 fully saturated rings. The molecule has 0 spiro atoms. The van der Waals surface area contributed by atoms with E-state index in [1.165, 1.54) is 6.07 Å². The minimum atomic E-state index is -0.972. The summed E-state index contributed by atoms with van der Waals surface area (Å²) in [6.45, 7) is 4.51. The van der Waals surface area contributed by atoms with E-state index in [2.05, 4.69) is 10.2 Å². The van der Waals surface area contributed by atoms with Gasteiger partial charge in [-0.05, 0) is 18.6 Å². The van der Waals surface area contributed by atoms with Crippen LogP contribution in [0, 0.1) is 11.6 Å². The first-order valence-corrected chi connectivity index (χ1v) is 7.32. The van der Waals surface area contributed by atoms with Gasteiger partial charge in [0.25, 0.3) is 0 Å². The molecule has 22 heavy (non-hydrogen) atoms. The molecule has 7 heteroatoms. The second-order valence-electron chi connectivity index (χ2n) is 5.23. The number of anilines is 1. The van der Waals surface area contributed by atoms with Crippen LogP contribution < -0.4 is 5.32 Å². The van der Waals surface area contributed by atoms with Gasteiger partial charge in [-0.25, -0.2) is 13.6 Å². The second kappa shape index (κ2) is 8.05. The molecule has 0 saturated carbocycles. The fraction of sp³-hybridized carbons (Fsp3) is 0.533. The number of benzene rings is 1. The number of methoxy groups -OCH3 is 1. The highest BCUT2D eigenvalue weighted by Crippen LogP contribution is 2.14. The highest BCUT2D eigenvalue weighted by Gasteiger charge is 2.21. The van der Waals surface area contributed by atoms with Crippen molar-refractivity contribution in [1.82, 2.24) is 9.80 Å². The Morgan fingerprint density at radius 1 is 1.23 bits per heavy atom. The zero-order valence-corrected chi connectivity index (χ0v) is 12.6. The van der Waals surface area contributed by atoms with Crippen molar-refractivity contribution in [2.75, 3.05) is 51.8 Å². The molecule has 1 aliphatic rings. The molecule has 1 aliphatic heterocycles. The molecule has 2 rings (SSSR count). The average molecular weight is 313 g/mol. The Kier molecular flexibility index (Phi) is 6.09. The Morgan fingerprint density at radius 2 is 1.95 bits per heavy atom. The van der Waals surface area contributed by atoms with Crippen LogP contribution in [0.1, 0.15) is 6.42 Å². The second-order valence-corrected chi connectivity index (χ2v) is 5.23. The van der Waals surface area contributed by atoms with Crippen molar-refractivity contribution in [1.29, 1.82) is 0 Å². The number of rotatable bonds is 5. The monoisotopic (exact) mass is 313 g/mol. The summed E-state index contributed by atoms with van der Waals surface area (Å²) < 4.78 is 31.0. The molecule has 0 unspecified atom stereocenters. The molecule has 1 aromatic rings. The maximum Gasteiger partial charge on any atom is 0.321 e. The quantitative estimate of drug-likeness (QED) is 0.847. The summed E-state index contributed by atoms with van der Waals surface area (Å²) in [5.41, 5.74) is 0.256. The van der Waals surface area contributed by atoms with Crippen LogP contribution >= 0.6 is 0 Å². The van der Waals surface area contributed by atoms with Crippen molar-refractivity contribution in [3.8, 4) is 0 Å². The van der Waals surface area contributed by atoms with Gasteiger partial charge in [0.15, 0.2) is 11.6 Å². The maximum atomic E-state index is 13.1. The van der Waals surface area contributed by atoms with E-state index >= 15 is 0 Å². The molecule has 0 radical (unpaired) electrons. The molecule has 122 valence electrons. The van der Waals surface area contributed by atoms with E-state index in [9.17, 15) is 13.6 Å². The lowest BCUT2D eigenvalue weighted by Crippen LogP contribution is -2.50. The summed E-state index contributed by atoms with van der Waals surface area (Å²) in [5, 5.41) is 2.59. The molecule has 0 bridgehead atoms. The van der Waals surface area contributed by atoms with E-state index < -0.39 is 11.6 Å². The van der Waals surface area contributed by atoms with E-state index in [4.69, 9.17) is 4.74 Å². The Balaban J connectivity index is 1.78. The molecule has 1 heterocycles.